The molecule has 0 spiro atoms. The zero-order valence-corrected chi connectivity index (χ0v) is 15.4. The number of nitrogens with one attached hydrogen (secondary N) is 2. The predicted octanol–water partition coefficient (Wildman–Crippen LogP) is 3.15. The topological polar surface area (TPSA) is 56.7 Å². The van der Waals surface area contributed by atoms with Crippen LogP contribution in [0, 0.1) is 6.92 Å². The Balaban J connectivity index is 1.87. The maximum atomic E-state index is 12.1. The molecule has 1 aliphatic heterocycles. The number of hydrogen-bond acceptors (Lipinski definition) is 2. The summed E-state index contributed by atoms with van der Waals surface area (Å²) in [4.78, 5) is 18.9. The number of carbonyl (C=O) groups is 1. The molecule has 5 nitrogen and oxygen atoms in total. The normalized spacial score (nSPS) is 14.9. The summed E-state index contributed by atoms with van der Waals surface area (Å²) >= 11 is 3.43. The van der Waals surface area contributed by atoms with Gasteiger partial charge in [0.15, 0.2) is 5.96 Å². The lowest BCUT2D eigenvalue weighted by Gasteiger charge is -2.20. The highest BCUT2D eigenvalue weighted by Gasteiger charge is 2.15. The highest BCUT2D eigenvalue weighted by molar-refractivity contribution is 9.10. The molecule has 2 N–H and O–H groups in total. The van der Waals surface area contributed by atoms with Crippen LogP contribution in [0.1, 0.15) is 31.7 Å². The molecular formula is C17H25BrN4O. The van der Waals surface area contributed by atoms with E-state index in [4.69, 9.17) is 0 Å². The maximum absolute atomic E-state index is 12.1. The van der Waals surface area contributed by atoms with Crippen molar-refractivity contribution in [2.45, 2.75) is 33.1 Å². The van der Waals surface area contributed by atoms with Gasteiger partial charge in [-0.25, -0.2) is 0 Å². The van der Waals surface area contributed by atoms with Crippen LogP contribution >= 0.6 is 15.9 Å². The van der Waals surface area contributed by atoms with Crippen molar-refractivity contribution >= 4 is 33.5 Å². The van der Waals surface area contributed by atoms with Crippen molar-refractivity contribution < 1.29 is 4.79 Å². The van der Waals surface area contributed by atoms with Crippen molar-refractivity contribution in [3.05, 3.63) is 28.2 Å². The van der Waals surface area contributed by atoms with Gasteiger partial charge in [0.05, 0.1) is 6.54 Å². The van der Waals surface area contributed by atoms with Gasteiger partial charge in [-0.1, -0.05) is 22.0 Å². The zero-order chi connectivity index (χ0) is 16.7. The van der Waals surface area contributed by atoms with Crippen LogP contribution in [0.25, 0.3) is 0 Å². The Morgan fingerprint density at radius 2 is 2.09 bits per heavy atom. The second-order valence-electron chi connectivity index (χ2n) is 5.69. The number of halogens is 1. The number of rotatable bonds is 5. The Morgan fingerprint density at radius 3 is 2.78 bits per heavy atom. The van der Waals surface area contributed by atoms with Crippen molar-refractivity contribution in [1.29, 1.82) is 0 Å². The van der Waals surface area contributed by atoms with E-state index in [1.54, 1.807) is 0 Å². The summed E-state index contributed by atoms with van der Waals surface area (Å²) in [5.41, 5.74) is 1.90. The van der Waals surface area contributed by atoms with Crippen LogP contribution in [0.3, 0.4) is 0 Å². The van der Waals surface area contributed by atoms with Gasteiger partial charge in [-0.3, -0.25) is 9.79 Å². The molecule has 2 rings (SSSR count). The van der Waals surface area contributed by atoms with E-state index in [1.807, 2.05) is 25.1 Å². The molecule has 1 aliphatic rings. The molecular weight excluding hydrogens is 356 g/mol. The van der Waals surface area contributed by atoms with Gasteiger partial charge in [-0.15, -0.1) is 0 Å². The fourth-order valence-electron chi connectivity index (χ4n) is 2.56. The summed E-state index contributed by atoms with van der Waals surface area (Å²) < 4.78 is 0.958. The van der Waals surface area contributed by atoms with Gasteiger partial charge in [0.25, 0.3) is 0 Å². The molecule has 126 valence electrons. The third-order valence-electron chi connectivity index (χ3n) is 3.81. The smallest absolute Gasteiger partial charge is 0.226 e. The lowest BCUT2D eigenvalue weighted by Crippen LogP contribution is -2.39. The van der Waals surface area contributed by atoms with E-state index >= 15 is 0 Å². The molecule has 1 saturated heterocycles. The molecule has 1 fully saturated rings. The third-order valence-corrected chi connectivity index (χ3v) is 4.31. The number of benzene rings is 1. The summed E-state index contributed by atoms with van der Waals surface area (Å²) in [7, 11) is 0. The molecule has 0 saturated carbocycles. The highest BCUT2D eigenvalue weighted by atomic mass is 79.9. The molecule has 23 heavy (non-hydrogen) atoms. The first-order valence-corrected chi connectivity index (χ1v) is 8.98. The van der Waals surface area contributed by atoms with Crippen LogP contribution in [-0.2, 0) is 4.79 Å². The van der Waals surface area contributed by atoms with E-state index in [0.717, 1.165) is 41.3 Å². The quantitative estimate of drug-likeness (QED) is 0.609. The van der Waals surface area contributed by atoms with E-state index in [1.165, 1.54) is 12.8 Å². The van der Waals surface area contributed by atoms with Crippen molar-refractivity contribution in [3.8, 4) is 0 Å². The second-order valence-corrected chi connectivity index (χ2v) is 6.60. The summed E-state index contributed by atoms with van der Waals surface area (Å²) in [6.45, 7) is 7.49. The monoisotopic (exact) mass is 380 g/mol. The number of guanidine groups is 1. The van der Waals surface area contributed by atoms with E-state index in [-0.39, 0.29) is 5.91 Å². The third kappa shape index (κ3) is 5.53. The van der Waals surface area contributed by atoms with E-state index in [9.17, 15) is 4.79 Å². The number of nitrogens with zero attached hydrogens (tertiary/aromatic N) is 2. The lowest BCUT2D eigenvalue weighted by atomic mass is 10.2. The Labute approximate surface area is 146 Å². The summed E-state index contributed by atoms with van der Waals surface area (Å²) in [6.07, 6.45) is 2.81. The molecule has 1 amide bonds. The summed E-state index contributed by atoms with van der Waals surface area (Å²) in [6, 6.07) is 5.87. The van der Waals surface area contributed by atoms with Gasteiger partial charge in [0.1, 0.15) is 0 Å². The Hall–Kier alpha value is -1.56. The van der Waals surface area contributed by atoms with Crippen LogP contribution in [0.2, 0.25) is 0 Å². The molecule has 0 aromatic heterocycles. The van der Waals surface area contributed by atoms with Gasteiger partial charge >= 0.3 is 0 Å². The van der Waals surface area contributed by atoms with Gasteiger partial charge < -0.3 is 15.5 Å². The van der Waals surface area contributed by atoms with E-state index < -0.39 is 0 Å². The minimum atomic E-state index is -0.00720. The molecule has 0 radical (unpaired) electrons. The SMILES string of the molecule is CCNC(=NCCC(=O)Nc1cc(Br)ccc1C)N1CCCC1. The molecule has 1 heterocycles. The molecule has 1 aromatic carbocycles. The first-order valence-electron chi connectivity index (χ1n) is 8.19. The van der Waals surface area contributed by atoms with Crippen molar-refractivity contribution in [2.24, 2.45) is 4.99 Å². The van der Waals surface area contributed by atoms with E-state index in [2.05, 4.69) is 43.4 Å². The first-order chi connectivity index (χ1) is 11.1. The molecule has 1 aromatic rings. The largest absolute Gasteiger partial charge is 0.357 e. The van der Waals surface area contributed by atoms with Crippen molar-refractivity contribution in [1.82, 2.24) is 10.2 Å². The van der Waals surface area contributed by atoms with Crippen LogP contribution in [0.4, 0.5) is 5.69 Å². The van der Waals surface area contributed by atoms with Gasteiger partial charge in [-0.2, -0.15) is 0 Å². The number of anilines is 1. The van der Waals surface area contributed by atoms with Gasteiger partial charge in [0.2, 0.25) is 5.91 Å². The number of carbonyl (C=O) groups excluding carboxylic acids is 1. The zero-order valence-electron chi connectivity index (χ0n) is 13.9. The molecule has 0 unspecified atom stereocenters. The predicted molar refractivity (Wildman–Crippen MR) is 98.9 cm³/mol. The van der Waals surface area contributed by atoms with E-state index in [0.29, 0.717) is 13.0 Å². The van der Waals surface area contributed by atoms with Gasteiger partial charge in [-0.05, 0) is 44.4 Å². The molecule has 0 bridgehead atoms. The molecule has 0 aliphatic carbocycles. The Bertz CT molecular complexity index is 568. The summed E-state index contributed by atoms with van der Waals surface area (Å²) in [5, 5.41) is 6.26. The standard InChI is InChI=1S/C17H25BrN4O/c1-3-19-17(22-10-4-5-11-22)20-9-8-16(23)21-15-12-14(18)7-6-13(15)2/h6-7,12H,3-5,8-11H2,1-2H3,(H,19,20)(H,21,23). The average molecular weight is 381 g/mol. The minimum Gasteiger partial charge on any atom is -0.357 e. The molecule has 0 atom stereocenters. The second kappa shape index (κ2) is 8.91. The molecule has 6 heteroatoms. The number of likely N-dealkylation sites (tertiary alicyclic amines) is 1. The lowest BCUT2D eigenvalue weighted by molar-refractivity contribution is -0.116. The van der Waals surface area contributed by atoms with Crippen molar-refractivity contribution in [3.63, 3.8) is 0 Å². The maximum Gasteiger partial charge on any atom is 0.226 e. The average Bonchev–Trinajstić information content (AvgIpc) is 3.04. The first kappa shape index (κ1) is 17.8. The number of aryl methyl sites for hydroxylation is 1. The van der Waals surface area contributed by atoms with Crippen LogP contribution in [-0.4, -0.2) is 42.9 Å². The van der Waals surface area contributed by atoms with Crippen LogP contribution in [0.5, 0.6) is 0 Å². The Morgan fingerprint density at radius 1 is 1.35 bits per heavy atom. The van der Waals surface area contributed by atoms with Gasteiger partial charge in [0, 0.05) is 36.2 Å². The minimum absolute atomic E-state index is 0.00720. The highest BCUT2D eigenvalue weighted by Crippen LogP contribution is 2.20. The van der Waals surface area contributed by atoms with Crippen LogP contribution in [0.15, 0.2) is 27.7 Å². The van der Waals surface area contributed by atoms with Crippen LogP contribution < -0.4 is 10.6 Å². The number of hydrogen-bond donors (Lipinski definition) is 2. The Kier molecular flexibility index (Phi) is 6.89. The number of aliphatic imine (C=N–C) groups is 1. The fraction of sp³-hybridized carbons (Fsp3) is 0.529. The summed E-state index contributed by atoms with van der Waals surface area (Å²) in [5.74, 6) is 0.920. The fourth-order valence-corrected chi connectivity index (χ4v) is 2.92. The van der Waals surface area contributed by atoms with Crippen molar-refractivity contribution in [2.75, 3.05) is 31.5 Å². The number of amides is 1.